The van der Waals surface area contributed by atoms with Crippen molar-refractivity contribution in [3.8, 4) is 0 Å². The van der Waals surface area contributed by atoms with Crippen LogP contribution in [0.25, 0.3) is 18.2 Å². The van der Waals surface area contributed by atoms with Crippen molar-refractivity contribution in [2.24, 2.45) is 0 Å². The quantitative estimate of drug-likeness (QED) is 0.185. The van der Waals surface area contributed by atoms with E-state index in [1.807, 2.05) is 0 Å². The van der Waals surface area contributed by atoms with Gasteiger partial charge in [0, 0.05) is 0 Å². The first-order valence-electron chi connectivity index (χ1n) is 14.7. The fourth-order valence-electron chi connectivity index (χ4n) is 4.06. The summed E-state index contributed by atoms with van der Waals surface area (Å²) in [6.07, 6.45) is 4.96. The van der Waals surface area contributed by atoms with Crippen molar-refractivity contribution >= 4 is 58.7 Å². The van der Waals surface area contributed by atoms with Gasteiger partial charge in [-0.1, -0.05) is 111 Å². The van der Waals surface area contributed by atoms with E-state index in [4.69, 9.17) is 0 Å². The van der Waals surface area contributed by atoms with E-state index < -0.39 is 17.9 Å². The summed E-state index contributed by atoms with van der Waals surface area (Å²) >= 11 is 1.59. The van der Waals surface area contributed by atoms with Crippen LogP contribution < -0.4 is 15.3 Å². The third-order valence-electron chi connectivity index (χ3n) is 6.75. The van der Waals surface area contributed by atoms with Gasteiger partial charge in [-0.25, -0.2) is 0 Å². The Hall–Kier alpha value is -5.47. The average molecular weight is 741 g/mol. The van der Waals surface area contributed by atoms with Crippen molar-refractivity contribution in [3.05, 3.63) is 198 Å². The molecule has 5 aromatic carbocycles. The second-order valence-corrected chi connectivity index (χ2v) is 11.1. The molecule has 0 heterocycles. The average Bonchev–Trinajstić information content (AvgIpc) is 3.13. The Labute approximate surface area is 295 Å². The first-order valence-corrected chi connectivity index (χ1v) is 16.7. The summed E-state index contributed by atoms with van der Waals surface area (Å²) in [4.78, 5) is 30.8. The zero-order valence-electron chi connectivity index (χ0n) is 26.3. The van der Waals surface area contributed by atoms with Crippen LogP contribution >= 0.6 is 0 Å². The summed E-state index contributed by atoms with van der Waals surface area (Å²) in [7, 11) is 0. The van der Waals surface area contributed by atoms with Crippen LogP contribution in [-0.4, -0.2) is 40.4 Å². The number of carbonyl (C=O) groups is 3. The Balaban J connectivity index is 0.000000225. The molecule has 0 amide bonds. The first kappa shape index (κ1) is 38.7. The molecule has 0 N–H and O–H groups in total. The maximum absolute atomic E-state index is 10.3. The topological polar surface area (TPSA) is 120 Å². The number of hydrogen-bond donors (Lipinski definition) is 0. The van der Waals surface area contributed by atoms with Crippen molar-refractivity contribution in [2.45, 2.75) is 10.4 Å². The molecular weight excluding hydrogens is 707 g/mol. The van der Waals surface area contributed by atoms with Crippen LogP contribution in [0.4, 0.5) is 0 Å². The van der Waals surface area contributed by atoms with Crippen molar-refractivity contribution < 1.29 is 29.7 Å². The van der Waals surface area contributed by atoms with E-state index in [9.17, 15) is 29.7 Å². The van der Waals surface area contributed by atoms with Gasteiger partial charge in [0.05, 0.1) is 17.9 Å². The standard InChI is InChI=1S/C14H13.3C9H8O2.Sn/c1-12(13-8-4-2-5-9-13)14-10-6-3-7-11-14;3*1-2-7-3-5-8(6-4-7)9(10)11;/h2-12H,1H2;3*2-6H,1H2,(H,10,11);/q;;;;+3/p-3. The number of carboxylic acids is 3. The third-order valence-corrected chi connectivity index (χ3v) is 7.92. The molecule has 0 radical (unpaired) electrons. The number of rotatable bonds is 9. The van der Waals surface area contributed by atoms with Crippen molar-refractivity contribution in [3.63, 3.8) is 0 Å². The van der Waals surface area contributed by atoms with E-state index in [2.05, 4.69) is 80.4 Å². The van der Waals surface area contributed by atoms with Crippen molar-refractivity contribution in [1.29, 1.82) is 0 Å². The Bertz CT molecular complexity index is 1560. The molecule has 0 saturated carbocycles. The minimum absolute atomic E-state index is 0.190. The first-order chi connectivity index (χ1) is 23.1. The van der Waals surface area contributed by atoms with E-state index in [-0.39, 0.29) is 16.7 Å². The predicted octanol–water partition coefficient (Wildman–Crippen LogP) is 5.48. The predicted molar refractivity (Wildman–Crippen MR) is 188 cm³/mol. The normalized spacial score (nSPS) is 9.56. The van der Waals surface area contributed by atoms with Crippen LogP contribution in [0.2, 0.25) is 4.44 Å². The van der Waals surface area contributed by atoms with Crippen LogP contribution in [0.1, 0.15) is 64.8 Å². The molecule has 0 aliphatic rings. The van der Waals surface area contributed by atoms with Gasteiger partial charge in [-0.2, -0.15) is 0 Å². The fraction of sp³-hybridized carbons (Fsp3) is 0.0488. The molecule has 0 aliphatic carbocycles. The van der Waals surface area contributed by atoms with Gasteiger partial charge in [-0.05, 0) is 33.4 Å². The Morgan fingerprint density at radius 2 is 0.729 bits per heavy atom. The molecule has 7 heteroatoms. The molecule has 5 aromatic rings. The monoisotopic (exact) mass is 742 g/mol. The third kappa shape index (κ3) is 13.5. The molecule has 0 unspecified atom stereocenters. The molecule has 238 valence electrons. The second kappa shape index (κ2) is 21.3. The molecule has 0 bridgehead atoms. The van der Waals surface area contributed by atoms with Gasteiger partial charge in [0.1, 0.15) is 0 Å². The summed E-state index contributed by atoms with van der Waals surface area (Å²) in [5.41, 5.74) is 6.13. The Kier molecular flexibility index (Phi) is 17.2. The molecule has 0 fully saturated rings. The number of benzene rings is 5. The maximum atomic E-state index is 10.3. The van der Waals surface area contributed by atoms with Crippen LogP contribution in [0, 0.1) is 0 Å². The van der Waals surface area contributed by atoms with Gasteiger partial charge in [0.15, 0.2) is 0 Å². The minimum atomic E-state index is -1.15. The van der Waals surface area contributed by atoms with Crippen LogP contribution in [0.3, 0.4) is 0 Å². The molecular formula is C41H34O6Sn. The van der Waals surface area contributed by atoms with E-state index >= 15 is 0 Å². The van der Waals surface area contributed by atoms with Crippen LogP contribution in [-0.2, 0) is 0 Å². The van der Waals surface area contributed by atoms with Gasteiger partial charge >= 0.3 is 105 Å². The molecule has 5 rings (SSSR count). The van der Waals surface area contributed by atoms with Gasteiger partial charge < -0.3 is 29.7 Å². The zero-order valence-corrected chi connectivity index (χ0v) is 29.1. The summed E-state index contributed by atoms with van der Waals surface area (Å²) in [5, 5.41) is 30.8. The van der Waals surface area contributed by atoms with E-state index in [1.165, 1.54) is 52.0 Å². The van der Waals surface area contributed by atoms with Crippen LogP contribution in [0.15, 0.2) is 153 Å². The Morgan fingerprint density at radius 3 is 0.917 bits per heavy atom. The number of aromatic carboxylic acids is 3. The van der Waals surface area contributed by atoms with E-state index in [1.54, 1.807) is 77.2 Å². The molecule has 0 spiro atoms. The van der Waals surface area contributed by atoms with Gasteiger partial charge in [0.2, 0.25) is 0 Å². The Morgan fingerprint density at radius 1 is 0.479 bits per heavy atom. The SMILES string of the molecule is C=Cc1ccc(C(=O)[O-])cc1.C=Cc1ccc(C(=O)[O-])cc1.C=Cc1ccc(C(=O)[O-])cc1.[Sn+3][CH2]C(c1ccccc1)c1ccccc1. The molecule has 6 nitrogen and oxygen atoms in total. The van der Waals surface area contributed by atoms with Gasteiger partial charge in [-0.15, -0.1) is 0 Å². The summed E-state index contributed by atoms with van der Waals surface area (Å²) in [6.45, 7) is 10.6. The van der Waals surface area contributed by atoms with Crippen molar-refractivity contribution in [2.75, 3.05) is 0 Å². The number of hydrogen-bond acceptors (Lipinski definition) is 6. The fourth-order valence-corrected chi connectivity index (χ4v) is 5.41. The molecule has 0 aromatic heterocycles. The number of carbonyl (C=O) groups excluding carboxylic acids is 3. The van der Waals surface area contributed by atoms with Gasteiger partial charge in [0.25, 0.3) is 0 Å². The summed E-state index contributed by atoms with van der Waals surface area (Å²) < 4.78 is 1.24. The van der Waals surface area contributed by atoms with Crippen molar-refractivity contribution in [1.82, 2.24) is 0 Å². The molecule has 0 atom stereocenters. The molecule has 48 heavy (non-hydrogen) atoms. The van der Waals surface area contributed by atoms with E-state index in [0.717, 1.165) is 16.7 Å². The zero-order chi connectivity index (χ0) is 35.3. The summed E-state index contributed by atoms with van der Waals surface area (Å²) in [5.74, 6) is -2.88. The van der Waals surface area contributed by atoms with E-state index in [0.29, 0.717) is 5.92 Å². The molecule has 0 saturated heterocycles. The second-order valence-electron chi connectivity index (χ2n) is 9.92. The summed E-state index contributed by atoms with van der Waals surface area (Å²) in [6, 6.07) is 40.6. The molecule has 0 aliphatic heterocycles. The van der Waals surface area contributed by atoms with Crippen LogP contribution in [0.5, 0.6) is 0 Å². The van der Waals surface area contributed by atoms with Gasteiger partial charge in [-0.3, -0.25) is 0 Å². The number of carboxylic acid groups (broad SMARTS) is 3.